The van der Waals surface area contributed by atoms with Crippen LogP contribution in [-0.2, 0) is 27.8 Å². The number of rotatable bonds is 3. The Morgan fingerprint density at radius 2 is 1.83 bits per heavy atom. The van der Waals surface area contributed by atoms with Gasteiger partial charge in [-0.2, -0.15) is 19.0 Å². The van der Waals surface area contributed by atoms with Crippen LogP contribution in [0, 0.1) is 5.82 Å². The Bertz CT molecular complexity index is 1350. The van der Waals surface area contributed by atoms with Crippen LogP contribution in [0.4, 0.5) is 17.6 Å². The van der Waals surface area contributed by atoms with Gasteiger partial charge in [-0.25, -0.2) is 24.7 Å². The van der Waals surface area contributed by atoms with Gasteiger partial charge in [0.05, 0.1) is 11.3 Å². The summed E-state index contributed by atoms with van der Waals surface area (Å²) in [4.78, 5) is 12.6. The molecule has 0 amide bonds. The van der Waals surface area contributed by atoms with E-state index in [1.165, 1.54) is 29.0 Å². The first-order chi connectivity index (χ1) is 14.1. The molecule has 0 aliphatic heterocycles. The Morgan fingerprint density at radius 1 is 1.07 bits per heavy atom. The van der Waals surface area contributed by atoms with Crippen molar-refractivity contribution in [2.75, 3.05) is 0 Å². The van der Waals surface area contributed by atoms with E-state index in [9.17, 15) is 21.8 Å². The maximum Gasteiger partial charge on any atom is 0.417 e. The molecule has 4 rings (SSSR count). The Morgan fingerprint density at radius 3 is 2.50 bits per heavy atom. The van der Waals surface area contributed by atoms with Gasteiger partial charge in [0.2, 0.25) is 0 Å². The summed E-state index contributed by atoms with van der Waals surface area (Å²) in [5.41, 5.74) is 0.560. The summed E-state index contributed by atoms with van der Waals surface area (Å²) in [5, 5.41) is 0. The lowest BCUT2D eigenvalue weighted by Gasteiger charge is -2.13. The highest BCUT2D eigenvalue weighted by molar-refractivity contribution is 7.82. The molecular weight excluding hydrogens is 420 g/mol. The highest BCUT2D eigenvalue weighted by Gasteiger charge is 2.31. The molecular formula is C20H13F4N4OS-. The van der Waals surface area contributed by atoms with E-state index in [-0.39, 0.29) is 27.6 Å². The lowest BCUT2D eigenvalue weighted by molar-refractivity contribution is -0.137. The lowest BCUT2D eigenvalue weighted by atomic mass is 10.1. The molecule has 0 spiro atoms. The first-order valence-corrected chi connectivity index (χ1v) is 9.84. The monoisotopic (exact) mass is 433 g/mol. The highest BCUT2D eigenvalue weighted by atomic mass is 32.2. The molecule has 0 saturated carbocycles. The van der Waals surface area contributed by atoms with E-state index < -0.39 is 27.9 Å². The molecule has 30 heavy (non-hydrogen) atoms. The molecule has 4 aromatic rings. The molecule has 0 radical (unpaired) electrons. The maximum atomic E-state index is 13.6. The van der Waals surface area contributed by atoms with Gasteiger partial charge in [-0.05, 0) is 29.3 Å². The molecule has 0 N–H and O–H groups in total. The van der Waals surface area contributed by atoms with Crippen LogP contribution in [-0.4, -0.2) is 25.4 Å². The van der Waals surface area contributed by atoms with Gasteiger partial charge in [0.25, 0.3) is 0 Å². The fourth-order valence-corrected chi connectivity index (χ4v) is 3.67. The Kier molecular flexibility index (Phi) is 4.81. The largest absolute Gasteiger partial charge is 0.457 e. The van der Waals surface area contributed by atoms with E-state index in [4.69, 9.17) is 0 Å². The molecule has 1 aromatic carbocycles. The molecule has 3 aromatic heterocycles. The smallest absolute Gasteiger partial charge is 0.417 e. The Balaban J connectivity index is 1.89. The number of fused-ring (bicyclic) bond motifs is 1. The molecule has 0 aliphatic rings. The van der Waals surface area contributed by atoms with Crippen LogP contribution in [0.1, 0.15) is 5.56 Å². The number of imidazole rings is 1. The predicted molar refractivity (Wildman–Crippen MR) is 106 cm³/mol. The van der Waals surface area contributed by atoms with Gasteiger partial charge in [0.15, 0.2) is 11.5 Å². The topological polar surface area (TPSA) is 60.7 Å². The van der Waals surface area contributed by atoms with Crippen molar-refractivity contribution >= 4 is 27.4 Å². The quantitative estimate of drug-likeness (QED) is 0.269. The SMILES string of the molecule is C=[S-](=O)c1cc(-c2cccc(F)c2)cnc1-c1nc2cc(C(F)(F)F)cnc2n1C. The third-order valence-electron chi connectivity index (χ3n) is 4.50. The number of hydrogen-bond acceptors (Lipinski definition) is 5. The third-order valence-corrected chi connectivity index (χ3v) is 5.31. The number of halogens is 4. The van der Waals surface area contributed by atoms with Crippen molar-refractivity contribution in [2.24, 2.45) is 7.05 Å². The fraction of sp³-hybridized carbons (Fsp3) is 0.100. The van der Waals surface area contributed by atoms with Crippen molar-refractivity contribution in [1.29, 1.82) is 0 Å². The lowest BCUT2D eigenvalue weighted by Crippen LogP contribution is -2.05. The molecule has 3 heterocycles. The van der Waals surface area contributed by atoms with Crippen LogP contribution >= 0.6 is 0 Å². The summed E-state index contributed by atoms with van der Waals surface area (Å²) in [6.07, 6.45) is -2.37. The second-order valence-electron chi connectivity index (χ2n) is 6.49. The molecule has 0 aliphatic carbocycles. The van der Waals surface area contributed by atoms with Gasteiger partial charge in [0.1, 0.15) is 11.3 Å². The van der Waals surface area contributed by atoms with E-state index in [1.54, 1.807) is 19.2 Å². The normalized spacial score (nSPS) is 12.1. The molecule has 154 valence electrons. The zero-order valence-corrected chi connectivity index (χ0v) is 16.3. The number of nitrogens with zero attached hydrogens (tertiary/aromatic N) is 4. The minimum Gasteiger partial charge on any atom is -0.457 e. The van der Waals surface area contributed by atoms with Gasteiger partial charge in [-0.3, -0.25) is 4.98 Å². The van der Waals surface area contributed by atoms with E-state index >= 15 is 0 Å². The van der Waals surface area contributed by atoms with Gasteiger partial charge >= 0.3 is 6.18 Å². The standard InChI is InChI=1S/C20H13F4N4OS/c1-28-18-15(8-13(10-26-18)20(22,23)24)27-19(28)17-16(30(2)29)7-12(9-25-17)11-4-3-5-14(21)6-11/h3-10H,2H2,1H3/q-1. The number of aryl methyl sites for hydroxylation is 1. The molecule has 0 saturated heterocycles. The van der Waals surface area contributed by atoms with Crippen molar-refractivity contribution < 1.29 is 21.8 Å². The number of pyridine rings is 2. The molecule has 10 heteroatoms. The van der Waals surface area contributed by atoms with Crippen LogP contribution < -0.4 is 0 Å². The van der Waals surface area contributed by atoms with E-state index in [0.717, 1.165) is 12.3 Å². The summed E-state index contributed by atoms with van der Waals surface area (Å²) in [5.74, 6) is 3.29. The summed E-state index contributed by atoms with van der Waals surface area (Å²) < 4.78 is 66.3. The number of hydrogen-bond donors (Lipinski definition) is 0. The summed E-state index contributed by atoms with van der Waals surface area (Å²) in [7, 11) is -0.166. The van der Waals surface area contributed by atoms with Crippen LogP contribution in [0.5, 0.6) is 0 Å². The minimum atomic E-state index is -4.55. The van der Waals surface area contributed by atoms with Crippen LogP contribution in [0.15, 0.2) is 53.7 Å². The van der Waals surface area contributed by atoms with Crippen molar-refractivity contribution in [3.05, 3.63) is 60.2 Å². The van der Waals surface area contributed by atoms with E-state index in [2.05, 4.69) is 20.8 Å². The molecule has 0 atom stereocenters. The summed E-state index contributed by atoms with van der Waals surface area (Å²) in [6, 6.07) is 8.27. The van der Waals surface area contributed by atoms with Gasteiger partial charge in [-0.15, -0.1) is 0 Å². The zero-order valence-electron chi connectivity index (χ0n) is 15.4. The van der Waals surface area contributed by atoms with Crippen LogP contribution in [0.2, 0.25) is 0 Å². The fourth-order valence-electron chi connectivity index (χ4n) is 3.05. The number of aromatic nitrogens is 4. The second-order valence-corrected chi connectivity index (χ2v) is 7.62. The highest BCUT2D eigenvalue weighted by Crippen LogP contribution is 2.33. The Hall–Kier alpha value is -3.27. The summed E-state index contributed by atoms with van der Waals surface area (Å²) in [6.45, 7) is 0. The van der Waals surface area contributed by atoms with Crippen molar-refractivity contribution in [1.82, 2.24) is 19.5 Å². The average molecular weight is 433 g/mol. The molecule has 0 unspecified atom stereocenters. The van der Waals surface area contributed by atoms with E-state index in [0.29, 0.717) is 11.1 Å². The van der Waals surface area contributed by atoms with E-state index in [1.807, 2.05) is 0 Å². The molecule has 5 nitrogen and oxygen atoms in total. The molecule has 0 bridgehead atoms. The van der Waals surface area contributed by atoms with Crippen molar-refractivity contribution in [3.63, 3.8) is 0 Å². The van der Waals surface area contributed by atoms with Gasteiger partial charge < -0.3 is 8.78 Å². The van der Waals surface area contributed by atoms with Crippen molar-refractivity contribution in [2.45, 2.75) is 11.1 Å². The third kappa shape index (κ3) is 3.54. The summed E-state index contributed by atoms with van der Waals surface area (Å²) >= 11 is 0. The van der Waals surface area contributed by atoms with Gasteiger partial charge in [0, 0.05) is 19.4 Å². The maximum absolute atomic E-state index is 13.6. The predicted octanol–water partition coefficient (Wildman–Crippen LogP) is 4.61. The number of alkyl halides is 3. The van der Waals surface area contributed by atoms with Crippen LogP contribution in [0.3, 0.4) is 0 Å². The first kappa shape index (κ1) is 20.0. The first-order valence-electron chi connectivity index (χ1n) is 8.52. The Labute approximate surface area is 170 Å². The second kappa shape index (κ2) is 7.21. The van der Waals surface area contributed by atoms with Crippen LogP contribution in [0.25, 0.3) is 33.8 Å². The zero-order chi connectivity index (χ0) is 21.6. The average Bonchev–Trinajstić information content (AvgIpc) is 3.03. The number of benzene rings is 1. The minimum absolute atomic E-state index is 0.0270. The van der Waals surface area contributed by atoms with Crippen molar-refractivity contribution in [3.8, 4) is 22.6 Å². The van der Waals surface area contributed by atoms with Gasteiger partial charge in [-0.1, -0.05) is 23.1 Å². The molecule has 0 fully saturated rings.